The van der Waals surface area contributed by atoms with Gasteiger partial charge in [0.25, 0.3) is 0 Å². The van der Waals surface area contributed by atoms with Crippen molar-refractivity contribution >= 4 is 32.5 Å². The quantitative estimate of drug-likeness (QED) is 0.665. The highest BCUT2D eigenvalue weighted by atomic mass is 35.5. The molecule has 7 nitrogen and oxygen atoms in total. The van der Waals surface area contributed by atoms with Gasteiger partial charge >= 0.3 is 0 Å². The van der Waals surface area contributed by atoms with Gasteiger partial charge in [-0.1, -0.05) is 29.8 Å². The van der Waals surface area contributed by atoms with E-state index in [0.717, 1.165) is 5.39 Å². The molecule has 1 aliphatic rings. The molecule has 1 fully saturated rings. The number of fused-ring (bicyclic) bond motifs is 1. The summed E-state index contributed by atoms with van der Waals surface area (Å²) < 4.78 is 32.8. The molecule has 1 saturated heterocycles. The van der Waals surface area contributed by atoms with Crippen LogP contribution in [0.5, 0.6) is 5.88 Å². The van der Waals surface area contributed by atoms with Crippen LogP contribution in [0.4, 0.5) is 0 Å². The highest BCUT2D eigenvalue weighted by Crippen LogP contribution is 2.29. The molecule has 0 aliphatic carbocycles. The van der Waals surface area contributed by atoms with Crippen molar-refractivity contribution < 1.29 is 13.2 Å². The van der Waals surface area contributed by atoms with Gasteiger partial charge in [-0.25, -0.2) is 8.42 Å². The number of para-hydroxylation sites is 1. The first-order chi connectivity index (χ1) is 12.5. The molecule has 0 radical (unpaired) electrons. The highest BCUT2D eigenvalue weighted by Gasteiger charge is 2.38. The lowest BCUT2D eigenvalue weighted by Gasteiger charge is -2.37. The monoisotopic (exact) mass is 390 g/mol. The lowest BCUT2D eigenvalue weighted by atomic mass is 10.1. The summed E-state index contributed by atoms with van der Waals surface area (Å²) in [6.45, 7) is 1.13. The van der Waals surface area contributed by atoms with Crippen LogP contribution in [0.25, 0.3) is 10.9 Å². The van der Waals surface area contributed by atoms with Crippen molar-refractivity contribution in [2.24, 2.45) is 5.92 Å². The zero-order chi connectivity index (χ0) is 18.1. The minimum Gasteiger partial charge on any atom is -0.476 e. The van der Waals surface area contributed by atoms with E-state index in [0.29, 0.717) is 31.1 Å². The Labute approximate surface area is 155 Å². The second-order valence-electron chi connectivity index (χ2n) is 6.01. The number of hydrogen-bond acceptors (Lipinski definition) is 6. The Morgan fingerprint density at radius 2 is 2.00 bits per heavy atom. The summed E-state index contributed by atoms with van der Waals surface area (Å²) in [7, 11) is -3.59. The van der Waals surface area contributed by atoms with Crippen LogP contribution in [0.3, 0.4) is 0 Å². The molecule has 0 atom stereocenters. The normalized spacial score (nSPS) is 15.7. The summed E-state index contributed by atoms with van der Waals surface area (Å²) in [5.74, 6) is 0.422. The van der Waals surface area contributed by atoms with Gasteiger partial charge in [-0.05, 0) is 12.1 Å². The van der Waals surface area contributed by atoms with E-state index in [4.69, 9.17) is 16.3 Å². The maximum atomic E-state index is 12.9. The summed E-state index contributed by atoms with van der Waals surface area (Å²) >= 11 is 5.76. The Bertz CT molecular complexity index is 1050. The summed E-state index contributed by atoms with van der Waals surface area (Å²) in [6.07, 6.45) is 4.49. The molecular weight excluding hydrogens is 376 g/mol. The number of pyridine rings is 1. The molecule has 9 heteroatoms. The van der Waals surface area contributed by atoms with Crippen LogP contribution >= 0.6 is 11.6 Å². The molecule has 1 aromatic carbocycles. The van der Waals surface area contributed by atoms with Crippen molar-refractivity contribution in [1.82, 2.24) is 19.3 Å². The van der Waals surface area contributed by atoms with Crippen LogP contribution < -0.4 is 4.74 Å². The first-order valence-corrected chi connectivity index (χ1v) is 9.80. The van der Waals surface area contributed by atoms with Gasteiger partial charge in [-0.15, -0.1) is 0 Å². The van der Waals surface area contributed by atoms with Crippen molar-refractivity contribution in [1.29, 1.82) is 0 Å². The molecule has 2 aromatic heterocycles. The molecule has 0 spiro atoms. The van der Waals surface area contributed by atoms with Gasteiger partial charge in [0, 0.05) is 30.6 Å². The second kappa shape index (κ2) is 6.79. The second-order valence-corrected chi connectivity index (χ2v) is 8.30. The van der Waals surface area contributed by atoms with Gasteiger partial charge in [-0.3, -0.25) is 9.97 Å². The molecule has 4 rings (SSSR count). The van der Waals surface area contributed by atoms with Gasteiger partial charge in [0.2, 0.25) is 15.9 Å². The highest BCUT2D eigenvalue weighted by molar-refractivity contribution is 7.89. The molecule has 0 bridgehead atoms. The van der Waals surface area contributed by atoms with Gasteiger partial charge < -0.3 is 4.74 Å². The molecular formula is C17H15ClN4O3S. The largest absolute Gasteiger partial charge is 0.476 e. The van der Waals surface area contributed by atoms with E-state index in [1.165, 1.54) is 16.7 Å². The zero-order valence-corrected chi connectivity index (χ0v) is 15.2. The molecule has 0 N–H and O–H groups in total. The van der Waals surface area contributed by atoms with Crippen LogP contribution in [0.15, 0.2) is 53.8 Å². The van der Waals surface area contributed by atoms with Crippen LogP contribution in [0.1, 0.15) is 0 Å². The number of rotatable bonds is 5. The fraction of sp³-hybridized carbons (Fsp3) is 0.235. The van der Waals surface area contributed by atoms with Gasteiger partial charge in [0.1, 0.15) is 4.90 Å². The summed E-state index contributed by atoms with van der Waals surface area (Å²) in [5.41, 5.74) is 0.490. The van der Waals surface area contributed by atoms with Crippen molar-refractivity contribution in [2.45, 2.75) is 4.90 Å². The summed E-state index contributed by atoms with van der Waals surface area (Å²) in [6, 6.07) is 8.81. The number of sulfonamides is 1. The van der Waals surface area contributed by atoms with E-state index >= 15 is 0 Å². The third kappa shape index (κ3) is 3.23. The number of halogens is 1. The van der Waals surface area contributed by atoms with E-state index < -0.39 is 10.0 Å². The molecule has 0 unspecified atom stereocenters. The van der Waals surface area contributed by atoms with E-state index in [2.05, 4.69) is 15.0 Å². The van der Waals surface area contributed by atoms with Crippen LogP contribution in [0, 0.1) is 5.92 Å². The fourth-order valence-corrected chi connectivity index (χ4v) is 4.74. The van der Waals surface area contributed by atoms with Crippen molar-refractivity contribution in [3.8, 4) is 5.88 Å². The van der Waals surface area contributed by atoms with E-state index in [1.807, 2.05) is 12.1 Å². The van der Waals surface area contributed by atoms with E-state index in [1.54, 1.807) is 24.4 Å². The summed E-state index contributed by atoms with van der Waals surface area (Å²) in [4.78, 5) is 12.4. The Morgan fingerprint density at radius 3 is 2.81 bits per heavy atom. The van der Waals surface area contributed by atoms with E-state index in [9.17, 15) is 8.42 Å². The van der Waals surface area contributed by atoms with Crippen LogP contribution in [0.2, 0.25) is 5.15 Å². The molecule has 3 aromatic rings. The molecule has 3 heterocycles. The maximum absolute atomic E-state index is 12.9. The topological polar surface area (TPSA) is 85.3 Å². The van der Waals surface area contributed by atoms with Crippen LogP contribution in [-0.4, -0.2) is 47.4 Å². The predicted molar refractivity (Wildman–Crippen MR) is 96.5 cm³/mol. The third-order valence-electron chi connectivity index (χ3n) is 4.19. The summed E-state index contributed by atoms with van der Waals surface area (Å²) in [5, 5.41) is 1.05. The van der Waals surface area contributed by atoms with Crippen LogP contribution in [-0.2, 0) is 10.0 Å². The molecule has 1 aliphatic heterocycles. The lowest BCUT2D eigenvalue weighted by Crippen LogP contribution is -2.51. The number of ether oxygens (including phenoxy) is 1. The fourth-order valence-electron chi connectivity index (χ4n) is 2.85. The predicted octanol–water partition coefficient (Wildman–Crippen LogP) is 2.38. The maximum Gasteiger partial charge on any atom is 0.245 e. The Kier molecular flexibility index (Phi) is 4.47. The van der Waals surface area contributed by atoms with Gasteiger partial charge in [-0.2, -0.15) is 9.29 Å². The molecule has 134 valence electrons. The first kappa shape index (κ1) is 17.1. The number of nitrogens with zero attached hydrogens (tertiary/aromatic N) is 4. The van der Waals surface area contributed by atoms with Gasteiger partial charge in [0.15, 0.2) is 5.15 Å². The number of benzene rings is 1. The molecule has 26 heavy (non-hydrogen) atoms. The van der Waals surface area contributed by atoms with Crippen molar-refractivity contribution in [3.05, 3.63) is 54.1 Å². The minimum atomic E-state index is -3.59. The minimum absolute atomic E-state index is 0.0912. The third-order valence-corrected chi connectivity index (χ3v) is 6.23. The Hall–Kier alpha value is -2.29. The molecule has 0 amide bonds. The standard InChI is InChI=1S/C17H15ClN4O3S/c18-15-7-19-8-16(21-15)25-11-12-9-22(10-12)26(23,24)14-5-1-3-13-4-2-6-20-17(13)14/h1-8,12H,9-11H2. The lowest BCUT2D eigenvalue weighted by molar-refractivity contribution is 0.126. The van der Waals surface area contributed by atoms with Crippen molar-refractivity contribution in [2.75, 3.05) is 19.7 Å². The Morgan fingerprint density at radius 1 is 1.19 bits per heavy atom. The van der Waals surface area contributed by atoms with Gasteiger partial charge in [0.05, 0.1) is 24.5 Å². The number of hydrogen-bond donors (Lipinski definition) is 0. The average molecular weight is 391 g/mol. The van der Waals surface area contributed by atoms with E-state index in [-0.39, 0.29) is 16.0 Å². The Balaban J connectivity index is 1.44. The molecule has 0 saturated carbocycles. The van der Waals surface area contributed by atoms with Crippen molar-refractivity contribution in [3.63, 3.8) is 0 Å². The number of aromatic nitrogens is 3. The average Bonchev–Trinajstić information content (AvgIpc) is 2.60. The first-order valence-electron chi connectivity index (χ1n) is 7.98. The smallest absolute Gasteiger partial charge is 0.245 e. The SMILES string of the molecule is O=S(=O)(c1cccc2cccnc12)N1CC(COc2cncc(Cl)n2)C1. The zero-order valence-electron chi connectivity index (χ0n) is 13.6.